The summed E-state index contributed by atoms with van der Waals surface area (Å²) in [4.78, 5) is 12.4. The number of amides is 1. The van der Waals surface area contributed by atoms with E-state index in [1.54, 1.807) is 18.2 Å². The number of aromatic nitrogens is 3. The van der Waals surface area contributed by atoms with Crippen LogP contribution in [-0.4, -0.2) is 32.5 Å². The van der Waals surface area contributed by atoms with Gasteiger partial charge >= 0.3 is 0 Å². The molecule has 0 bridgehead atoms. The van der Waals surface area contributed by atoms with E-state index < -0.39 is 0 Å². The average Bonchev–Trinajstić information content (AvgIpc) is 3.21. The zero-order valence-electron chi connectivity index (χ0n) is 12.8. The average molecular weight is 342 g/mol. The van der Waals surface area contributed by atoms with Gasteiger partial charge in [-0.15, -0.1) is 10.2 Å². The summed E-state index contributed by atoms with van der Waals surface area (Å²) in [6.45, 7) is 2.04. The van der Waals surface area contributed by atoms with Gasteiger partial charge in [0, 0.05) is 18.0 Å². The van der Waals surface area contributed by atoms with Crippen LogP contribution in [0, 0.1) is 0 Å². The molecule has 3 aromatic rings. The first-order valence-corrected chi connectivity index (χ1v) is 8.25. The minimum absolute atomic E-state index is 0.119. The lowest BCUT2D eigenvalue weighted by molar-refractivity contribution is -0.115. The quantitative estimate of drug-likeness (QED) is 0.734. The van der Waals surface area contributed by atoms with Gasteiger partial charge in [-0.2, -0.15) is 0 Å². The summed E-state index contributed by atoms with van der Waals surface area (Å²) in [5.41, 5.74) is 1.42. The number of rotatable bonds is 4. The standard InChI is InChI=1S/C16H14N4O3S/c1-10(24-16-19-18-14-4-2-3-7-20(14)16)15(21)17-11-5-6-12-13(8-11)23-9-22-12/h2-8,10H,9H2,1H3,(H,17,21)/t10-/m1/s1. The fourth-order valence-corrected chi connectivity index (χ4v) is 3.17. The van der Waals surface area contributed by atoms with Gasteiger partial charge in [-0.3, -0.25) is 9.20 Å². The molecule has 0 aliphatic carbocycles. The Bertz CT molecular complexity index is 911. The van der Waals surface area contributed by atoms with Crippen LogP contribution in [0.4, 0.5) is 5.69 Å². The first-order chi connectivity index (χ1) is 11.7. The molecule has 1 atom stereocenters. The first kappa shape index (κ1) is 14.8. The van der Waals surface area contributed by atoms with Gasteiger partial charge in [-0.1, -0.05) is 17.8 Å². The van der Waals surface area contributed by atoms with E-state index in [2.05, 4.69) is 15.5 Å². The Balaban J connectivity index is 1.46. The molecule has 24 heavy (non-hydrogen) atoms. The van der Waals surface area contributed by atoms with Crippen molar-refractivity contribution >= 4 is 29.0 Å². The molecule has 1 aliphatic rings. The van der Waals surface area contributed by atoms with Gasteiger partial charge in [0.25, 0.3) is 0 Å². The number of fused-ring (bicyclic) bond motifs is 2. The van der Waals surface area contributed by atoms with Crippen LogP contribution < -0.4 is 14.8 Å². The molecule has 0 saturated carbocycles. The van der Waals surface area contributed by atoms with E-state index in [0.717, 1.165) is 5.65 Å². The lowest BCUT2D eigenvalue weighted by Crippen LogP contribution is -2.22. The molecule has 0 saturated heterocycles. The van der Waals surface area contributed by atoms with Crippen LogP contribution in [0.5, 0.6) is 11.5 Å². The van der Waals surface area contributed by atoms with Gasteiger partial charge in [0.05, 0.1) is 5.25 Å². The Morgan fingerprint density at radius 1 is 1.25 bits per heavy atom. The van der Waals surface area contributed by atoms with Crippen molar-refractivity contribution in [1.29, 1.82) is 0 Å². The van der Waals surface area contributed by atoms with E-state index >= 15 is 0 Å². The molecule has 2 aromatic heterocycles. The van der Waals surface area contributed by atoms with Gasteiger partial charge in [0.2, 0.25) is 12.7 Å². The van der Waals surface area contributed by atoms with E-state index in [-0.39, 0.29) is 18.0 Å². The van der Waals surface area contributed by atoms with Gasteiger partial charge in [0.15, 0.2) is 22.3 Å². The summed E-state index contributed by atoms with van der Waals surface area (Å²) in [6.07, 6.45) is 1.88. The maximum atomic E-state index is 12.4. The molecule has 3 heterocycles. The van der Waals surface area contributed by atoms with Crippen LogP contribution in [-0.2, 0) is 4.79 Å². The predicted octanol–water partition coefficient (Wildman–Crippen LogP) is 2.58. The van der Waals surface area contributed by atoms with E-state index in [1.165, 1.54) is 11.8 Å². The molecule has 8 heteroatoms. The molecule has 0 fully saturated rings. The number of nitrogens with one attached hydrogen (secondary N) is 1. The number of anilines is 1. The zero-order chi connectivity index (χ0) is 16.5. The number of hydrogen-bond donors (Lipinski definition) is 1. The van der Waals surface area contributed by atoms with Crippen LogP contribution in [0.3, 0.4) is 0 Å². The molecular weight excluding hydrogens is 328 g/mol. The monoisotopic (exact) mass is 342 g/mol. The number of nitrogens with zero attached hydrogens (tertiary/aromatic N) is 3. The van der Waals surface area contributed by atoms with Crippen molar-refractivity contribution in [3.8, 4) is 11.5 Å². The third-order valence-corrected chi connectivity index (χ3v) is 4.63. The predicted molar refractivity (Wildman–Crippen MR) is 89.5 cm³/mol. The summed E-state index contributed by atoms with van der Waals surface area (Å²) in [5.74, 6) is 1.20. The normalized spacial score (nSPS) is 13.9. The van der Waals surface area contributed by atoms with Gasteiger partial charge in [-0.25, -0.2) is 0 Å². The topological polar surface area (TPSA) is 77.8 Å². The molecule has 0 radical (unpaired) electrons. The second-order valence-electron chi connectivity index (χ2n) is 5.23. The Morgan fingerprint density at radius 3 is 3.04 bits per heavy atom. The lowest BCUT2D eigenvalue weighted by atomic mass is 10.2. The van der Waals surface area contributed by atoms with Crippen LogP contribution in [0.15, 0.2) is 47.8 Å². The van der Waals surface area contributed by atoms with Gasteiger partial charge in [-0.05, 0) is 31.2 Å². The first-order valence-electron chi connectivity index (χ1n) is 7.37. The van der Waals surface area contributed by atoms with Gasteiger partial charge in [0.1, 0.15) is 0 Å². The van der Waals surface area contributed by atoms with Crippen molar-refractivity contribution in [3.05, 3.63) is 42.6 Å². The van der Waals surface area contributed by atoms with Crippen LogP contribution >= 0.6 is 11.8 Å². The smallest absolute Gasteiger partial charge is 0.237 e. The molecule has 7 nitrogen and oxygen atoms in total. The zero-order valence-corrected chi connectivity index (χ0v) is 13.6. The third kappa shape index (κ3) is 2.76. The van der Waals surface area contributed by atoms with Crippen molar-refractivity contribution in [2.75, 3.05) is 12.1 Å². The Hall–Kier alpha value is -2.74. The van der Waals surface area contributed by atoms with E-state index in [0.29, 0.717) is 22.3 Å². The summed E-state index contributed by atoms with van der Waals surface area (Å²) in [5, 5.41) is 11.4. The number of thioether (sulfide) groups is 1. The van der Waals surface area contributed by atoms with E-state index in [1.807, 2.05) is 35.7 Å². The Kier molecular flexibility index (Phi) is 3.73. The third-order valence-electron chi connectivity index (χ3n) is 3.57. The molecule has 122 valence electrons. The number of pyridine rings is 1. The highest BCUT2D eigenvalue weighted by Gasteiger charge is 2.19. The largest absolute Gasteiger partial charge is 0.454 e. The minimum Gasteiger partial charge on any atom is -0.454 e. The highest BCUT2D eigenvalue weighted by Crippen LogP contribution is 2.34. The van der Waals surface area contributed by atoms with Crippen molar-refractivity contribution < 1.29 is 14.3 Å². The number of ether oxygens (including phenoxy) is 2. The second-order valence-corrected chi connectivity index (χ2v) is 6.54. The SMILES string of the molecule is C[C@@H](Sc1nnc2ccccn12)C(=O)Nc1ccc2c(c1)OCO2. The molecule has 1 amide bonds. The summed E-state index contributed by atoms with van der Waals surface area (Å²) < 4.78 is 12.4. The van der Waals surface area contributed by atoms with Crippen LogP contribution in [0.1, 0.15) is 6.92 Å². The van der Waals surface area contributed by atoms with Crippen molar-refractivity contribution in [1.82, 2.24) is 14.6 Å². The van der Waals surface area contributed by atoms with Crippen LogP contribution in [0.2, 0.25) is 0 Å². The summed E-state index contributed by atoms with van der Waals surface area (Å²) in [6, 6.07) is 11.0. The van der Waals surface area contributed by atoms with Crippen molar-refractivity contribution in [2.45, 2.75) is 17.3 Å². The molecule has 1 N–H and O–H groups in total. The Morgan fingerprint density at radius 2 is 2.12 bits per heavy atom. The molecule has 4 rings (SSSR count). The van der Waals surface area contributed by atoms with Crippen molar-refractivity contribution in [2.24, 2.45) is 0 Å². The number of carbonyl (C=O) groups excluding carboxylic acids is 1. The molecule has 0 unspecified atom stereocenters. The number of benzene rings is 1. The maximum absolute atomic E-state index is 12.4. The molecule has 1 aromatic carbocycles. The summed E-state index contributed by atoms with van der Waals surface area (Å²) >= 11 is 1.35. The number of carbonyl (C=O) groups is 1. The maximum Gasteiger partial charge on any atom is 0.237 e. The molecular formula is C16H14N4O3S. The molecule has 0 spiro atoms. The van der Waals surface area contributed by atoms with E-state index in [9.17, 15) is 4.79 Å². The number of hydrogen-bond acceptors (Lipinski definition) is 6. The lowest BCUT2D eigenvalue weighted by Gasteiger charge is -2.11. The fourth-order valence-electron chi connectivity index (χ4n) is 2.33. The molecule has 1 aliphatic heterocycles. The van der Waals surface area contributed by atoms with Gasteiger partial charge < -0.3 is 14.8 Å². The second kappa shape index (κ2) is 6.04. The Labute approximate surface area is 142 Å². The fraction of sp³-hybridized carbons (Fsp3) is 0.188. The minimum atomic E-state index is -0.331. The highest BCUT2D eigenvalue weighted by atomic mass is 32.2. The van der Waals surface area contributed by atoms with Crippen LogP contribution in [0.25, 0.3) is 5.65 Å². The summed E-state index contributed by atoms with van der Waals surface area (Å²) in [7, 11) is 0. The highest BCUT2D eigenvalue weighted by molar-refractivity contribution is 8.00. The van der Waals surface area contributed by atoms with E-state index in [4.69, 9.17) is 9.47 Å². The van der Waals surface area contributed by atoms with Crippen molar-refractivity contribution in [3.63, 3.8) is 0 Å².